The molecule has 0 bridgehead atoms. The molecule has 0 N–H and O–H groups in total. The fraction of sp³-hybridized carbons (Fsp3) is 1.00. The van der Waals surface area contributed by atoms with Gasteiger partial charge >= 0.3 is 34.6 Å². The van der Waals surface area contributed by atoms with E-state index in [9.17, 15) is 0 Å². The Balaban J connectivity index is 0. The van der Waals surface area contributed by atoms with Gasteiger partial charge in [-0.25, -0.2) is 0 Å². The molecule has 0 unspecified atom stereocenters. The number of hydrogen-bond donors (Lipinski definition) is 0. The summed E-state index contributed by atoms with van der Waals surface area (Å²) >= 11 is 10.8. The molecule has 4 heteroatoms. The van der Waals surface area contributed by atoms with Crippen LogP contribution in [0.5, 0.6) is 0 Å². The van der Waals surface area contributed by atoms with Gasteiger partial charge in [0.05, 0.1) is 0 Å². The summed E-state index contributed by atoms with van der Waals surface area (Å²) in [5.41, 5.74) is 0. The zero-order chi connectivity index (χ0) is 5.41. The predicted octanol–water partition coefficient (Wildman–Crippen LogP) is 2.62. The summed E-state index contributed by atoms with van der Waals surface area (Å²) in [6.45, 7) is 0. The molecule has 0 aromatic rings. The van der Waals surface area contributed by atoms with E-state index in [4.69, 9.17) is 0 Å². The number of rotatable bonds is 1. The third kappa shape index (κ3) is 16.2. The van der Waals surface area contributed by atoms with Gasteiger partial charge in [0.15, 0.2) is 0 Å². The van der Waals surface area contributed by atoms with Crippen LogP contribution >= 0.6 is 44.1 Å². The van der Waals surface area contributed by atoms with Crippen molar-refractivity contribution in [2.45, 2.75) is 0 Å². The van der Waals surface area contributed by atoms with E-state index >= 15 is 0 Å². The summed E-state index contributed by atoms with van der Waals surface area (Å²) < 4.78 is 0. The normalized spacial score (nSPS) is 5.67. The van der Waals surface area contributed by atoms with Crippen LogP contribution < -0.4 is 0 Å². The Morgan fingerprint density at radius 1 is 1.00 bits per heavy atom. The molecule has 0 aliphatic carbocycles. The van der Waals surface area contributed by atoms with Gasteiger partial charge in [-0.2, -0.15) is 0 Å². The molecule has 0 saturated heterocycles. The summed E-state index contributed by atoms with van der Waals surface area (Å²) in [7, 11) is 0. The second-order valence-corrected chi connectivity index (χ2v) is 1.96. The Hall–Kier alpha value is 2.32. The monoisotopic (exact) mass is 355 g/mol. The van der Waals surface area contributed by atoms with Crippen LogP contribution in [0.15, 0.2) is 0 Å². The van der Waals surface area contributed by atoms with Crippen molar-refractivity contribution < 1.29 is 22.4 Å². The van der Waals surface area contributed by atoms with Crippen LogP contribution in [0.1, 0.15) is 0 Å². The quantitative estimate of drug-likeness (QED) is 0.632. The molecule has 0 aromatic carbocycles. The minimum atomic E-state index is 1.05. The maximum absolute atomic E-state index is 3.20. The molecule has 0 heterocycles. The predicted molar refractivity (Wildman–Crippen MR) is 36.5 cm³/mol. The van der Waals surface area contributed by atoms with Crippen LogP contribution in [-0.4, -0.2) is 10.7 Å². The molecular formula is C2H4Br3Zr. The third-order valence-electron chi connectivity index (χ3n) is 0.0714. The SMILES string of the molecule is BrCCBr.[Br][Zr]. The van der Waals surface area contributed by atoms with Gasteiger partial charge in [0.25, 0.3) is 0 Å². The Morgan fingerprint density at radius 2 is 1.17 bits per heavy atom. The summed E-state index contributed by atoms with van der Waals surface area (Å²) in [6, 6.07) is 0. The zero-order valence-electron chi connectivity index (χ0n) is 3.05. The van der Waals surface area contributed by atoms with Gasteiger partial charge in [0.1, 0.15) is 0 Å². The topological polar surface area (TPSA) is 0 Å². The van der Waals surface area contributed by atoms with Gasteiger partial charge in [-0.3, -0.25) is 0 Å². The van der Waals surface area contributed by atoms with E-state index in [1.54, 1.807) is 0 Å². The van der Waals surface area contributed by atoms with Gasteiger partial charge in [-0.05, 0) is 0 Å². The molecule has 0 aromatic heterocycles. The second-order valence-electron chi connectivity index (χ2n) is 0.378. The van der Waals surface area contributed by atoms with E-state index in [1.807, 2.05) is 0 Å². The molecule has 0 aliphatic heterocycles. The molecule has 0 rings (SSSR count). The van der Waals surface area contributed by atoms with Gasteiger partial charge in [-0.15, -0.1) is 0 Å². The van der Waals surface area contributed by atoms with E-state index in [2.05, 4.69) is 44.1 Å². The molecule has 0 spiro atoms. The number of alkyl halides is 2. The maximum atomic E-state index is 3.20. The van der Waals surface area contributed by atoms with E-state index in [0.717, 1.165) is 10.7 Å². The zero-order valence-corrected chi connectivity index (χ0v) is 10.3. The Bertz CT molecular complexity index is 10.8. The molecule has 0 saturated carbocycles. The molecule has 0 amide bonds. The first kappa shape index (κ1) is 11.2. The van der Waals surface area contributed by atoms with Gasteiger partial charge in [-0.1, -0.05) is 31.9 Å². The standard InChI is InChI=1S/C2H4Br2.BrH.Zr/c3-1-2-4;;/h1-2H2;1H;/q;;+1/p-1. The van der Waals surface area contributed by atoms with Gasteiger partial charge in [0.2, 0.25) is 0 Å². The fourth-order valence-electron chi connectivity index (χ4n) is 0. The molecule has 0 radical (unpaired) electrons. The first-order chi connectivity index (χ1) is 2.91. The molecule has 0 aliphatic rings. The van der Waals surface area contributed by atoms with E-state index < -0.39 is 0 Å². The number of hydrogen-bond acceptors (Lipinski definition) is 0. The third-order valence-corrected chi connectivity index (χ3v) is 1.93. The van der Waals surface area contributed by atoms with Gasteiger partial charge < -0.3 is 0 Å². The summed E-state index contributed by atoms with van der Waals surface area (Å²) in [5.74, 6) is 0. The van der Waals surface area contributed by atoms with Crippen molar-refractivity contribution in [2.75, 3.05) is 10.7 Å². The second kappa shape index (κ2) is 15.7. The summed E-state index contributed by atoms with van der Waals surface area (Å²) in [4.78, 5) is 0. The van der Waals surface area contributed by atoms with Crippen molar-refractivity contribution in [3.05, 3.63) is 0 Å². The molecule has 0 atom stereocenters. The van der Waals surface area contributed by atoms with Crippen molar-refractivity contribution in [3.8, 4) is 0 Å². The number of halogens is 3. The summed E-state index contributed by atoms with van der Waals surface area (Å²) in [6.07, 6.45) is 0. The molecular weight excluding hydrogens is 355 g/mol. The molecule has 6 heavy (non-hydrogen) atoms. The first-order valence-electron chi connectivity index (χ1n) is 1.22. The van der Waals surface area contributed by atoms with Crippen molar-refractivity contribution in [3.63, 3.8) is 0 Å². The van der Waals surface area contributed by atoms with Crippen molar-refractivity contribution >= 4 is 44.1 Å². The first-order valence-corrected chi connectivity index (χ1v) is 9.09. The average molecular weight is 359 g/mol. The van der Waals surface area contributed by atoms with Crippen molar-refractivity contribution in [2.24, 2.45) is 0 Å². The van der Waals surface area contributed by atoms with Crippen molar-refractivity contribution in [1.82, 2.24) is 0 Å². The Morgan fingerprint density at radius 3 is 1.17 bits per heavy atom. The van der Waals surface area contributed by atoms with Crippen LogP contribution in [-0.2, 0) is 22.4 Å². The van der Waals surface area contributed by atoms with Crippen LogP contribution in [0.2, 0.25) is 0 Å². The Labute approximate surface area is 76.0 Å². The summed E-state index contributed by atoms with van der Waals surface area (Å²) in [5, 5.41) is 2.10. The van der Waals surface area contributed by atoms with Crippen LogP contribution in [0.3, 0.4) is 0 Å². The average Bonchev–Trinajstić information content (AvgIpc) is 1.72. The van der Waals surface area contributed by atoms with Gasteiger partial charge in [0, 0.05) is 10.7 Å². The Kier molecular flexibility index (Phi) is 29.1. The van der Waals surface area contributed by atoms with Crippen LogP contribution in [0, 0.1) is 0 Å². The van der Waals surface area contributed by atoms with E-state index in [-0.39, 0.29) is 0 Å². The fourth-order valence-corrected chi connectivity index (χ4v) is 0. The van der Waals surface area contributed by atoms with Crippen molar-refractivity contribution in [1.29, 1.82) is 0 Å². The molecule has 0 nitrogen and oxygen atoms in total. The molecule has 0 fully saturated rings. The van der Waals surface area contributed by atoms with Crippen LogP contribution in [0.25, 0.3) is 0 Å². The van der Waals surface area contributed by atoms with E-state index in [0.29, 0.717) is 0 Å². The minimum absolute atomic E-state index is 1.05. The van der Waals surface area contributed by atoms with E-state index in [1.165, 1.54) is 22.4 Å². The van der Waals surface area contributed by atoms with Crippen LogP contribution in [0.4, 0.5) is 0 Å². The molecule has 37 valence electrons.